The highest BCUT2D eigenvalue weighted by Crippen LogP contribution is 2.14. The third-order valence-corrected chi connectivity index (χ3v) is 4.33. The molecule has 3 aromatic rings. The summed E-state index contributed by atoms with van der Waals surface area (Å²) in [6, 6.07) is 13.8. The van der Waals surface area contributed by atoms with Crippen LogP contribution in [0.2, 0.25) is 0 Å². The van der Waals surface area contributed by atoms with Crippen molar-refractivity contribution in [2.75, 3.05) is 7.05 Å². The van der Waals surface area contributed by atoms with Crippen molar-refractivity contribution in [1.82, 2.24) is 14.0 Å². The van der Waals surface area contributed by atoms with Crippen LogP contribution in [0.4, 0.5) is 4.39 Å². The standard InChI is InChI=1S/C19H20FN3O2/c1-3-22-16-10-6-7-11-17(16)23(19(22)25)13-18(24)21(2)12-14-8-4-5-9-15(14)20/h4-11H,3,12-13H2,1-2H3. The van der Waals surface area contributed by atoms with Crippen LogP contribution in [-0.2, 0) is 24.4 Å². The molecule has 0 bridgehead atoms. The Hall–Kier alpha value is -2.89. The van der Waals surface area contributed by atoms with Gasteiger partial charge in [0.15, 0.2) is 0 Å². The maximum atomic E-state index is 13.8. The SMILES string of the molecule is CCn1c(=O)n(CC(=O)N(C)Cc2ccccc2F)c2ccccc21. The van der Waals surface area contributed by atoms with Crippen molar-refractivity contribution in [3.8, 4) is 0 Å². The van der Waals surface area contributed by atoms with Gasteiger partial charge < -0.3 is 4.90 Å². The van der Waals surface area contributed by atoms with Gasteiger partial charge in [-0.3, -0.25) is 13.9 Å². The summed E-state index contributed by atoms with van der Waals surface area (Å²) in [6.07, 6.45) is 0. The minimum absolute atomic E-state index is 0.0721. The van der Waals surface area contributed by atoms with Gasteiger partial charge in [0.25, 0.3) is 0 Å². The maximum Gasteiger partial charge on any atom is 0.329 e. The number of para-hydroxylation sites is 2. The van der Waals surface area contributed by atoms with Gasteiger partial charge >= 0.3 is 5.69 Å². The molecule has 0 fully saturated rings. The highest BCUT2D eigenvalue weighted by molar-refractivity contribution is 5.80. The number of aryl methyl sites for hydroxylation is 1. The maximum absolute atomic E-state index is 13.8. The van der Waals surface area contributed by atoms with Crippen molar-refractivity contribution in [2.45, 2.75) is 26.6 Å². The Bertz CT molecular complexity index is 974. The fourth-order valence-corrected chi connectivity index (χ4v) is 2.96. The summed E-state index contributed by atoms with van der Waals surface area (Å²) in [5.41, 5.74) is 1.76. The number of hydrogen-bond acceptors (Lipinski definition) is 2. The number of amides is 1. The van der Waals surface area contributed by atoms with Crippen LogP contribution in [-0.4, -0.2) is 27.0 Å². The van der Waals surface area contributed by atoms with Crippen molar-refractivity contribution in [3.63, 3.8) is 0 Å². The predicted octanol–water partition coefficient (Wildman–Crippen LogP) is 2.62. The van der Waals surface area contributed by atoms with Crippen LogP contribution < -0.4 is 5.69 Å². The Morgan fingerprint density at radius 2 is 1.64 bits per heavy atom. The number of carbonyl (C=O) groups excluding carboxylic acids is 1. The lowest BCUT2D eigenvalue weighted by molar-refractivity contribution is -0.131. The molecular weight excluding hydrogens is 321 g/mol. The summed E-state index contributed by atoms with van der Waals surface area (Å²) in [5, 5.41) is 0. The van der Waals surface area contributed by atoms with Gasteiger partial charge in [0.2, 0.25) is 5.91 Å². The molecule has 25 heavy (non-hydrogen) atoms. The van der Waals surface area contributed by atoms with Crippen LogP contribution >= 0.6 is 0 Å². The number of rotatable bonds is 5. The number of halogens is 1. The second-order valence-corrected chi connectivity index (χ2v) is 5.94. The van der Waals surface area contributed by atoms with Gasteiger partial charge in [0.1, 0.15) is 12.4 Å². The number of likely N-dealkylation sites (N-methyl/N-ethyl adjacent to an activating group) is 1. The summed E-state index contributed by atoms with van der Waals surface area (Å²) in [5.74, 6) is -0.591. The molecular formula is C19H20FN3O2. The van der Waals surface area contributed by atoms with Crippen molar-refractivity contribution in [3.05, 3.63) is 70.4 Å². The first-order valence-corrected chi connectivity index (χ1v) is 8.18. The molecule has 0 saturated carbocycles. The second kappa shape index (κ2) is 6.93. The van der Waals surface area contributed by atoms with E-state index in [4.69, 9.17) is 0 Å². The van der Waals surface area contributed by atoms with Crippen molar-refractivity contribution < 1.29 is 9.18 Å². The molecule has 0 radical (unpaired) electrons. The van der Waals surface area contributed by atoms with Gasteiger partial charge in [-0.1, -0.05) is 30.3 Å². The van der Waals surface area contributed by atoms with Gasteiger partial charge in [-0.2, -0.15) is 0 Å². The molecule has 6 heteroatoms. The van der Waals surface area contributed by atoms with Crippen LogP contribution in [0.25, 0.3) is 11.0 Å². The van der Waals surface area contributed by atoms with E-state index in [1.54, 1.807) is 29.8 Å². The summed E-state index contributed by atoms with van der Waals surface area (Å²) in [7, 11) is 1.61. The van der Waals surface area contributed by atoms with Crippen LogP contribution in [0.5, 0.6) is 0 Å². The third-order valence-electron chi connectivity index (χ3n) is 4.33. The molecule has 0 aliphatic carbocycles. The number of carbonyl (C=O) groups is 1. The molecule has 0 spiro atoms. The fraction of sp³-hybridized carbons (Fsp3) is 0.263. The molecule has 0 atom stereocenters. The van der Waals surface area contributed by atoms with Gasteiger partial charge in [-0.15, -0.1) is 0 Å². The summed E-state index contributed by atoms with van der Waals surface area (Å²) < 4.78 is 16.9. The van der Waals surface area contributed by atoms with Crippen molar-refractivity contribution >= 4 is 16.9 Å². The molecule has 1 heterocycles. The summed E-state index contributed by atoms with van der Waals surface area (Å²) >= 11 is 0. The number of imidazole rings is 1. The molecule has 1 aromatic heterocycles. The van der Waals surface area contributed by atoms with Crippen LogP contribution in [0.15, 0.2) is 53.3 Å². The molecule has 5 nitrogen and oxygen atoms in total. The molecule has 1 amide bonds. The van der Waals surface area contributed by atoms with E-state index >= 15 is 0 Å². The minimum atomic E-state index is -0.345. The molecule has 0 aliphatic heterocycles. The summed E-state index contributed by atoms with van der Waals surface area (Å²) in [4.78, 5) is 26.6. The number of aromatic nitrogens is 2. The lowest BCUT2D eigenvalue weighted by Crippen LogP contribution is -2.34. The average Bonchev–Trinajstić information content (AvgIpc) is 2.88. The van der Waals surface area contributed by atoms with E-state index in [9.17, 15) is 14.0 Å². The van der Waals surface area contributed by atoms with E-state index in [0.29, 0.717) is 12.1 Å². The normalized spacial score (nSPS) is 11.0. The van der Waals surface area contributed by atoms with Crippen molar-refractivity contribution in [2.24, 2.45) is 0 Å². The Balaban J connectivity index is 1.86. The van der Waals surface area contributed by atoms with E-state index in [2.05, 4.69) is 0 Å². The fourth-order valence-electron chi connectivity index (χ4n) is 2.96. The van der Waals surface area contributed by atoms with Gasteiger partial charge in [-0.25, -0.2) is 9.18 Å². The zero-order chi connectivity index (χ0) is 18.0. The lowest BCUT2D eigenvalue weighted by Gasteiger charge is -2.18. The van der Waals surface area contributed by atoms with Crippen LogP contribution in [0.3, 0.4) is 0 Å². The van der Waals surface area contributed by atoms with Crippen LogP contribution in [0.1, 0.15) is 12.5 Å². The van der Waals surface area contributed by atoms with E-state index in [1.165, 1.54) is 15.5 Å². The first-order valence-electron chi connectivity index (χ1n) is 8.18. The largest absolute Gasteiger partial charge is 0.340 e. The Labute approximate surface area is 144 Å². The first kappa shape index (κ1) is 17.0. The summed E-state index contributed by atoms with van der Waals surface area (Å²) in [6.45, 7) is 2.51. The smallest absolute Gasteiger partial charge is 0.329 e. The molecule has 130 valence electrons. The minimum Gasteiger partial charge on any atom is -0.340 e. The Kier molecular flexibility index (Phi) is 4.70. The third kappa shape index (κ3) is 3.20. The van der Waals surface area contributed by atoms with E-state index in [0.717, 1.165) is 11.0 Å². The zero-order valence-electron chi connectivity index (χ0n) is 14.3. The van der Waals surface area contributed by atoms with E-state index in [1.807, 2.05) is 31.2 Å². The van der Waals surface area contributed by atoms with Gasteiger partial charge in [0.05, 0.1) is 11.0 Å². The topological polar surface area (TPSA) is 47.2 Å². The number of benzene rings is 2. The number of fused-ring (bicyclic) bond motifs is 1. The van der Waals surface area contributed by atoms with Gasteiger partial charge in [0, 0.05) is 25.7 Å². The molecule has 0 N–H and O–H groups in total. The molecule has 0 aliphatic rings. The quantitative estimate of drug-likeness (QED) is 0.716. The Morgan fingerprint density at radius 1 is 1.04 bits per heavy atom. The van der Waals surface area contributed by atoms with E-state index in [-0.39, 0.29) is 30.5 Å². The molecule has 2 aromatic carbocycles. The Morgan fingerprint density at radius 3 is 2.28 bits per heavy atom. The highest BCUT2D eigenvalue weighted by Gasteiger charge is 2.17. The number of hydrogen-bond donors (Lipinski definition) is 0. The second-order valence-electron chi connectivity index (χ2n) is 5.94. The predicted molar refractivity (Wildman–Crippen MR) is 94.7 cm³/mol. The zero-order valence-corrected chi connectivity index (χ0v) is 14.3. The highest BCUT2D eigenvalue weighted by atomic mass is 19.1. The molecule has 0 saturated heterocycles. The average molecular weight is 341 g/mol. The van der Waals surface area contributed by atoms with Crippen molar-refractivity contribution in [1.29, 1.82) is 0 Å². The van der Waals surface area contributed by atoms with E-state index < -0.39 is 0 Å². The lowest BCUT2D eigenvalue weighted by atomic mass is 10.2. The molecule has 0 unspecified atom stereocenters. The first-order chi connectivity index (χ1) is 12.0. The van der Waals surface area contributed by atoms with Crippen LogP contribution in [0, 0.1) is 5.82 Å². The van der Waals surface area contributed by atoms with Gasteiger partial charge in [-0.05, 0) is 25.1 Å². The monoisotopic (exact) mass is 341 g/mol. The number of nitrogens with zero attached hydrogens (tertiary/aromatic N) is 3. The molecule has 3 rings (SSSR count).